The molecule has 0 radical (unpaired) electrons. The van der Waals surface area contributed by atoms with Crippen LogP contribution in [0.3, 0.4) is 0 Å². The van der Waals surface area contributed by atoms with E-state index in [4.69, 9.17) is 0 Å². The lowest BCUT2D eigenvalue weighted by Gasteiger charge is -2.34. The second-order valence-corrected chi connectivity index (χ2v) is 6.28. The number of aromatic nitrogens is 2. The number of piperazine rings is 1. The predicted octanol–water partition coefficient (Wildman–Crippen LogP) is 1.40. The van der Waals surface area contributed by atoms with Gasteiger partial charge in [0.25, 0.3) is 0 Å². The molecule has 2 aromatic rings. The zero-order valence-corrected chi connectivity index (χ0v) is 14.1. The van der Waals surface area contributed by atoms with Crippen molar-refractivity contribution in [3.63, 3.8) is 0 Å². The standard InChI is InChI=1S/C18H24N4O2/c1-20-9-8-19-17(20)14-21-10-12-22(13-11-21)18(24)7-4-15-2-5-16(23)6-3-15/h2-3,5-6,8-9,23H,4,7,10-14H2,1H3. The lowest BCUT2D eigenvalue weighted by atomic mass is 10.1. The number of amides is 1. The molecule has 24 heavy (non-hydrogen) atoms. The SMILES string of the molecule is Cn1ccnc1CN1CCN(C(=O)CCc2ccc(O)cc2)CC1. The Hall–Kier alpha value is -2.34. The highest BCUT2D eigenvalue weighted by atomic mass is 16.3. The molecule has 6 nitrogen and oxygen atoms in total. The number of hydrogen-bond donors (Lipinski definition) is 1. The summed E-state index contributed by atoms with van der Waals surface area (Å²) in [5, 5.41) is 9.29. The molecule has 0 atom stereocenters. The summed E-state index contributed by atoms with van der Waals surface area (Å²) in [6, 6.07) is 7.06. The first kappa shape index (κ1) is 16.5. The fourth-order valence-electron chi connectivity index (χ4n) is 2.98. The van der Waals surface area contributed by atoms with Crippen LogP contribution in [0.25, 0.3) is 0 Å². The van der Waals surface area contributed by atoms with Gasteiger partial charge in [-0.05, 0) is 24.1 Å². The van der Waals surface area contributed by atoms with Gasteiger partial charge < -0.3 is 14.6 Å². The van der Waals surface area contributed by atoms with Gasteiger partial charge in [-0.3, -0.25) is 9.69 Å². The third kappa shape index (κ3) is 4.14. The first-order valence-electron chi connectivity index (χ1n) is 8.36. The third-order valence-corrected chi connectivity index (χ3v) is 4.57. The van der Waals surface area contributed by atoms with Crippen LogP contribution in [0.15, 0.2) is 36.7 Å². The van der Waals surface area contributed by atoms with Crippen LogP contribution < -0.4 is 0 Å². The van der Waals surface area contributed by atoms with E-state index in [1.165, 1.54) is 0 Å². The second kappa shape index (κ2) is 7.49. The van der Waals surface area contributed by atoms with E-state index in [-0.39, 0.29) is 11.7 Å². The molecule has 1 N–H and O–H groups in total. The molecule has 1 aromatic carbocycles. The number of carbonyl (C=O) groups is 1. The monoisotopic (exact) mass is 328 g/mol. The molecule has 1 aromatic heterocycles. The van der Waals surface area contributed by atoms with Crippen LogP contribution in [-0.2, 0) is 24.8 Å². The van der Waals surface area contributed by atoms with E-state index in [0.717, 1.165) is 44.1 Å². The summed E-state index contributed by atoms with van der Waals surface area (Å²) in [6.07, 6.45) is 5.01. The molecule has 1 fully saturated rings. The minimum Gasteiger partial charge on any atom is -0.508 e. The summed E-state index contributed by atoms with van der Waals surface area (Å²) < 4.78 is 2.04. The van der Waals surface area contributed by atoms with E-state index in [0.29, 0.717) is 12.8 Å². The Morgan fingerprint density at radius 3 is 2.50 bits per heavy atom. The zero-order chi connectivity index (χ0) is 16.9. The van der Waals surface area contributed by atoms with Gasteiger partial charge in [0.1, 0.15) is 11.6 Å². The van der Waals surface area contributed by atoms with Gasteiger partial charge in [-0.15, -0.1) is 0 Å². The predicted molar refractivity (Wildman–Crippen MR) is 91.5 cm³/mol. The smallest absolute Gasteiger partial charge is 0.222 e. The summed E-state index contributed by atoms with van der Waals surface area (Å²) >= 11 is 0. The van der Waals surface area contributed by atoms with Crippen LogP contribution in [0.1, 0.15) is 17.8 Å². The average molecular weight is 328 g/mol. The van der Waals surface area contributed by atoms with Crippen molar-refractivity contribution in [2.75, 3.05) is 26.2 Å². The third-order valence-electron chi connectivity index (χ3n) is 4.57. The Balaban J connectivity index is 1.43. The maximum atomic E-state index is 12.4. The fourth-order valence-corrected chi connectivity index (χ4v) is 2.98. The Labute approximate surface area is 142 Å². The van der Waals surface area contributed by atoms with Gasteiger partial charge in [-0.2, -0.15) is 0 Å². The summed E-state index contributed by atoms with van der Waals surface area (Å²) in [7, 11) is 2.01. The van der Waals surface area contributed by atoms with Crippen molar-refractivity contribution in [1.82, 2.24) is 19.4 Å². The first-order valence-corrected chi connectivity index (χ1v) is 8.36. The number of imidazole rings is 1. The summed E-state index contributed by atoms with van der Waals surface area (Å²) in [5.41, 5.74) is 1.08. The Morgan fingerprint density at radius 2 is 1.88 bits per heavy atom. The average Bonchev–Trinajstić information content (AvgIpc) is 3.00. The van der Waals surface area contributed by atoms with Gasteiger partial charge in [-0.1, -0.05) is 12.1 Å². The number of benzene rings is 1. The molecule has 1 saturated heterocycles. The number of rotatable bonds is 5. The summed E-state index contributed by atoms with van der Waals surface area (Å²) in [4.78, 5) is 21.0. The van der Waals surface area contributed by atoms with Gasteiger partial charge in [0.2, 0.25) is 5.91 Å². The Kier molecular flexibility index (Phi) is 5.15. The molecule has 0 saturated carbocycles. The van der Waals surface area contributed by atoms with E-state index in [1.54, 1.807) is 12.1 Å². The molecular weight excluding hydrogens is 304 g/mol. The van der Waals surface area contributed by atoms with Gasteiger partial charge in [0.15, 0.2) is 0 Å². The molecule has 0 unspecified atom stereocenters. The summed E-state index contributed by atoms with van der Waals surface area (Å²) in [6.45, 7) is 4.16. The molecule has 2 heterocycles. The maximum absolute atomic E-state index is 12.4. The quantitative estimate of drug-likeness (QED) is 0.901. The van der Waals surface area contributed by atoms with Gasteiger partial charge in [-0.25, -0.2) is 4.98 Å². The number of hydrogen-bond acceptors (Lipinski definition) is 4. The van der Waals surface area contributed by atoms with Crippen molar-refractivity contribution in [2.24, 2.45) is 7.05 Å². The maximum Gasteiger partial charge on any atom is 0.222 e. The Morgan fingerprint density at radius 1 is 1.17 bits per heavy atom. The molecule has 1 aliphatic rings. The van der Waals surface area contributed by atoms with Crippen molar-refractivity contribution >= 4 is 5.91 Å². The van der Waals surface area contributed by atoms with Crippen molar-refractivity contribution in [3.05, 3.63) is 48.0 Å². The van der Waals surface area contributed by atoms with Crippen LogP contribution in [0.5, 0.6) is 5.75 Å². The van der Waals surface area contributed by atoms with Crippen LogP contribution in [0.2, 0.25) is 0 Å². The molecule has 3 rings (SSSR count). The fraction of sp³-hybridized carbons (Fsp3) is 0.444. The molecule has 0 bridgehead atoms. The highest BCUT2D eigenvalue weighted by Gasteiger charge is 2.21. The highest BCUT2D eigenvalue weighted by Crippen LogP contribution is 2.13. The lowest BCUT2D eigenvalue weighted by molar-refractivity contribution is -0.133. The van der Waals surface area contributed by atoms with E-state index in [9.17, 15) is 9.90 Å². The first-order chi connectivity index (χ1) is 11.6. The van der Waals surface area contributed by atoms with Gasteiger partial charge >= 0.3 is 0 Å². The van der Waals surface area contributed by atoms with Crippen molar-refractivity contribution in [3.8, 4) is 5.75 Å². The number of aromatic hydroxyl groups is 1. The number of phenols is 1. The van der Waals surface area contributed by atoms with Gasteiger partial charge in [0.05, 0.1) is 6.54 Å². The van der Waals surface area contributed by atoms with Crippen molar-refractivity contribution in [2.45, 2.75) is 19.4 Å². The van der Waals surface area contributed by atoms with Crippen LogP contribution in [-0.4, -0.2) is 56.5 Å². The molecular formula is C18H24N4O2. The van der Waals surface area contributed by atoms with Crippen LogP contribution >= 0.6 is 0 Å². The van der Waals surface area contributed by atoms with E-state index in [1.807, 2.05) is 41.0 Å². The van der Waals surface area contributed by atoms with Gasteiger partial charge in [0, 0.05) is 52.0 Å². The minimum atomic E-state index is 0.208. The molecule has 1 amide bonds. The number of carbonyl (C=O) groups excluding carboxylic acids is 1. The van der Waals surface area contributed by atoms with E-state index in [2.05, 4.69) is 9.88 Å². The number of phenolic OH excluding ortho intramolecular Hbond substituents is 1. The molecule has 0 spiro atoms. The molecule has 0 aliphatic carbocycles. The van der Waals surface area contributed by atoms with Crippen LogP contribution in [0, 0.1) is 0 Å². The number of aryl methyl sites for hydroxylation is 2. The van der Waals surface area contributed by atoms with Crippen molar-refractivity contribution < 1.29 is 9.90 Å². The number of nitrogens with zero attached hydrogens (tertiary/aromatic N) is 4. The normalized spacial score (nSPS) is 15.6. The topological polar surface area (TPSA) is 61.6 Å². The van der Waals surface area contributed by atoms with E-state index < -0.39 is 0 Å². The largest absolute Gasteiger partial charge is 0.508 e. The summed E-state index contributed by atoms with van der Waals surface area (Å²) in [5.74, 6) is 1.52. The molecule has 6 heteroatoms. The molecule has 1 aliphatic heterocycles. The minimum absolute atomic E-state index is 0.208. The highest BCUT2D eigenvalue weighted by molar-refractivity contribution is 5.76. The van der Waals surface area contributed by atoms with E-state index >= 15 is 0 Å². The lowest BCUT2D eigenvalue weighted by Crippen LogP contribution is -2.48. The Bertz CT molecular complexity index is 673. The molecule has 128 valence electrons. The van der Waals surface area contributed by atoms with Crippen molar-refractivity contribution in [1.29, 1.82) is 0 Å². The zero-order valence-electron chi connectivity index (χ0n) is 14.1. The van der Waals surface area contributed by atoms with Crippen LogP contribution in [0.4, 0.5) is 0 Å². The second-order valence-electron chi connectivity index (χ2n) is 6.28.